The van der Waals surface area contributed by atoms with E-state index in [2.05, 4.69) is 10.2 Å². The van der Waals surface area contributed by atoms with Crippen LogP contribution in [-0.2, 0) is 0 Å². The van der Waals surface area contributed by atoms with Gasteiger partial charge in [0.25, 0.3) is 0 Å². The molecule has 2 aromatic rings. The molecule has 0 saturated heterocycles. The molecule has 0 spiro atoms. The largest absolute Gasteiger partial charge is 0.478 e. The summed E-state index contributed by atoms with van der Waals surface area (Å²) in [5.74, 6) is -2.04. The maximum Gasteiger partial charge on any atom is 0.338 e. The number of aromatic carboxylic acids is 1. The van der Waals surface area contributed by atoms with Gasteiger partial charge in [-0.05, 0) is 30.3 Å². The van der Waals surface area contributed by atoms with E-state index in [0.717, 1.165) is 6.07 Å². The summed E-state index contributed by atoms with van der Waals surface area (Å²) < 4.78 is 13.1. The Morgan fingerprint density at radius 2 is 2.18 bits per heavy atom. The number of aromatic nitrogens is 2. The van der Waals surface area contributed by atoms with Crippen LogP contribution in [0.5, 0.6) is 0 Å². The van der Waals surface area contributed by atoms with E-state index in [9.17, 15) is 9.18 Å². The molecule has 0 radical (unpaired) electrons. The summed E-state index contributed by atoms with van der Waals surface area (Å²) >= 11 is 1.22. The number of carboxylic acids is 1. The van der Waals surface area contributed by atoms with Crippen LogP contribution in [0, 0.1) is 5.82 Å². The molecule has 0 unspecified atom stereocenters. The van der Waals surface area contributed by atoms with Crippen LogP contribution < -0.4 is 0 Å². The first-order chi connectivity index (χ1) is 8.16. The van der Waals surface area contributed by atoms with E-state index >= 15 is 0 Å². The summed E-state index contributed by atoms with van der Waals surface area (Å²) in [4.78, 5) is 11.4. The van der Waals surface area contributed by atoms with E-state index in [1.807, 2.05) is 0 Å². The highest BCUT2D eigenvalue weighted by Crippen LogP contribution is 2.26. The van der Waals surface area contributed by atoms with Gasteiger partial charge in [-0.1, -0.05) is 11.8 Å². The SMILES string of the molecule is O=C(O)c1cc(Sc2cccnn2)ccc1F. The third kappa shape index (κ3) is 2.79. The minimum absolute atomic E-state index is 0.348. The Morgan fingerprint density at radius 3 is 2.82 bits per heavy atom. The minimum Gasteiger partial charge on any atom is -0.478 e. The van der Waals surface area contributed by atoms with Crippen molar-refractivity contribution in [3.8, 4) is 0 Å². The quantitative estimate of drug-likeness (QED) is 0.906. The van der Waals surface area contributed by atoms with Crippen LogP contribution in [0.3, 0.4) is 0 Å². The van der Waals surface area contributed by atoms with Crippen LogP contribution in [0.4, 0.5) is 4.39 Å². The first-order valence-corrected chi connectivity index (χ1v) is 5.47. The molecular formula is C11H7FN2O2S. The number of hydrogen-bond donors (Lipinski definition) is 1. The van der Waals surface area contributed by atoms with Crippen LogP contribution >= 0.6 is 11.8 Å². The average molecular weight is 250 g/mol. The van der Waals surface area contributed by atoms with Crippen molar-refractivity contribution in [1.29, 1.82) is 0 Å². The molecule has 4 nitrogen and oxygen atoms in total. The Kier molecular flexibility index (Phi) is 3.34. The lowest BCUT2D eigenvalue weighted by atomic mass is 10.2. The molecule has 0 aliphatic heterocycles. The molecule has 86 valence electrons. The molecule has 1 aromatic heterocycles. The number of hydrogen-bond acceptors (Lipinski definition) is 4. The molecule has 0 saturated carbocycles. The van der Waals surface area contributed by atoms with E-state index in [1.165, 1.54) is 30.1 Å². The van der Waals surface area contributed by atoms with E-state index in [4.69, 9.17) is 5.11 Å². The zero-order valence-corrected chi connectivity index (χ0v) is 9.32. The normalized spacial score (nSPS) is 10.2. The molecule has 0 amide bonds. The van der Waals surface area contributed by atoms with E-state index < -0.39 is 11.8 Å². The first-order valence-electron chi connectivity index (χ1n) is 4.65. The highest BCUT2D eigenvalue weighted by Gasteiger charge is 2.11. The van der Waals surface area contributed by atoms with Gasteiger partial charge < -0.3 is 5.11 Å². The number of nitrogens with zero attached hydrogens (tertiary/aromatic N) is 2. The fourth-order valence-electron chi connectivity index (χ4n) is 1.19. The lowest BCUT2D eigenvalue weighted by Gasteiger charge is -2.02. The molecule has 1 heterocycles. The van der Waals surface area contributed by atoms with Crippen molar-refractivity contribution >= 4 is 17.7 Å². The van der Waals surface area contributed by atoms with Crippen molar-refractivity contribution in [3.63, 3.8) is 0 Å². The highest BCUT2D eigenvalue weighted by molar-refractivity contribution is 7.99. The van der Waals surface area contributed by atoms with Crippen molar-refractivity contribution in [2.24, 2.45) is 0 Å². The lowest BCUT2D eigenvalue weighted by Crippen LogP contribution is -2.00. The topological polar surface area (TPSA) is 63.1 Å². The second kappa shape index (κ2) is 4.92. The van der Waals surface area contributed by atoms with Gasteiger partial charge in [0.1, 0.15) is 10.8 Å². The Balaban J connectivity index is 2.29. The van der Waals surface area contributed by atoms with Gasteiger partial charge in [-0.15, -0.1) is 5.10 Å². The van der Waals surface area contributed by atoms with Crippen molar-refractivity contribution in [1.82, 2.24) is 10.2 Å². The number of halogens is 1. The van der Waals surface area contributed by atoms with Gasteiger partial charge in [-0.2, -0.15) is 5.10 Å². The second-order valence-corrected chi connectivity index (χ2v) is 4.20. The Morgan fingerprint density at radius 1 is 1.35 bits per heavy atom. The molecule has 0 bridgehead atoms. The second-order valence-electron chi connectivity index (χ2n) is 3.11. The summed E-state index contributed by atoms with van der Waals surface area (Å²) in [6.45, 7) is 0. The van der Waals surface area contributed by atoms with Gasteiger partial charge >= 0.3 is 5.97 Å². The molecule has 0 atom stereocenters. The smallest absolute Gasteiger partial charge is 0.338 e. The molecule has 1 aromatic carbocycles. The van der Waals surface area contributed by atoms with Gasteiger partial charge in [-0.25, -0.2) is 9.18 Å². The third-order valence-corrected chi connectivity index (χ3v) is 2.85. The van der Waals surface area contributed by atoms with Crippen LogP contribution in [0.2, 0.25) is 0 Å². The fraction of sp³-hybridized carbons (Fsp3) is 0. The number of rotatable bonds is 3. The maximum absolute atomic E-state index is 13.1. The summed E-state index contributed by atoms with van der Waals surface area (Å²) in [5, 5.41) is 16.9. The summed E-state index contributed by atoms with van der Waals surface area (Å²) in [7, 11) is 0. The van der Waals surface area contributed by atoms with Crippen LogP contribution in [0.25, 0.3) is 0 Å². The zero-order valence-electron chi connectivity index (χ0n) is 8.50. The van der Waals surface area contributed by atoms with E-state index in [1.54, 1.807) is 12.1 Å². The van der Waals surface area contributed by atoms with Gasteiger partial charge in [0.05, 0.1) is 5.56 Å². The van der Waals surface area contributed by atoms with Crippen LogP contribution in [-0.4, -0.2) is 21.3 Å². The molecule has 6 heteroatoms. The Labute approximate surface area is 101 Å². The van der Waals surface area contributed by atoms with Crippen molar-refractivity contribution in [2.45, 2.75) is 9.92 Å². The van der Waals surface area contributed by atoms with Crippen molar-refractivity contribution in [3.05, 3.63) is 47.9 Å². The summed E-state index contributed by atoms with van der Waals surface area (Å²) in [6.07, 6.45) is 1.54. The van der Waals surface area contributed by atoms with Gasteiger partial charge in [0.2, 0.25) is 0 Å². The standard InChI is InChI=1S/C11H7FN2O2S/c12-9-4-3-7(6-8(9)11(15)16)17-10-2-1-5-13-14-10/h1-6H,(H,15,16). The first kappa shape index (κ1) is 11.5. The predicted octanol–water partition coefficient (Wildman–Crippen LogP) is 2.47. The number of carboxylic acid groups (broad SMARTS) is 1. The minimum atomic E-state index is -1.29. The highest BCUT2D eigenvalue weighted by atomic mass is 32.2. The lowest BCUT2D eigenvalue weighted by molar-refractivity contribution is 0.0691. The monoisotopic (exact) mass is 250 g/mol. The molecule has 0 fully saturated rings. The summed E-state index contributed by atoms with van der Waals surface area (Å²) in [5.41, 5.74) is -0.348. The van der Waals surface area contributed by atoms with Crippen LogP contribution in [0.15, 0.2) is 46.5 Å². The Bertz CT molecular complexity index is 548. The molecular weight excluding hydrogens is 243 g/mol. The third-order valence-electron chi connectivity index (χ3n) is 1.94. The molecule has 2 rings (SSSR count). The Hall–Kier alpha value is -1.95. The average Bonchev–Trinajstić information content (AvgIpc) is 2.32. The fourth-order valence-corrected chi connectivity index (χ4v) is 1.98. The maximum atomic E-state index is 13.1. The van der Waals surface area contributed by atoms with Gasteiger partial charge in [-0.3, -0.25) is 0 Å². The number of benzene rings is 1. The van der Waals surface area contributed by atoms with Crippen molar-refractivity contribution < 1.29 is 14.3 Å². The molecule has 1 N–H and O–H groups in total. The summed E-state index contributed by atoms with van der Waals surface area (Å²) in [6, 6.07) is 7.36. The molecule has 0 aliphatic carbocycles. The van der Waals surface area contributed by atoms with E-state index in [0.29, 0.717) is 9.92 Å². The predicted molar refractivity (Wildman–Crippen MR) is 59.5 cm³/mol. The number of carbonyl (C=O) groups is 1. The zero-order chi connectivity index (χ0) is 12.3. The van der Waals surface area contributed by atoms with E-state index in [-0.39, 0.29) is 5.56 Å². The molecule has 17 heavy (non-hydrogen) atoms. The van der Waals surface area contributed by atoms with Gasteiger partial charge in [0, 0.05) is 11.1 Å². The van der Waals surface area contributed by atoms with Crippen LogP contribution in [0.1, 0.15) is 10.4 Å². The van der Waals surface area contributed by atoms with Crippen molar-refractivity contribution in [2.75, 3.05) is 0 Å². The van der Waals surface area contributed by atoms with Gasteiger partial charge in [0.15, 0.2) is 0 Å². The molecule has 0 aliphatic rings.